The van der Waals surface area contributed by atoms with Crippen molar-refractivity contribution in [3.8, 4) is 0 Å². The third-order valence-electron chi connectivity index (χ3n) is 6.56. The molecule has 2 saturated carbocycles. The fourth-order valence-electron chi connectivity index (χ4n) is 5.16. The lowest BCUT2D eigenvalue weighted by Gasteiger charge is -2.28. The molecule has 2 heterocycles. The van der Waals surface area contributed by atoms with Gasteiger partial charge in [0.05, 0.1) is 12.0 Å². The predicted molar refractivity (Wildman–Crippen MR) is 98.1 cm³/mol. The van der Waals surface area contributed by atoms with E-state index in [1.807, 2.05) is 0 Å². The Morgan fingerprint density at radius 1 is 0.792 bits per heavy atom. The lowest BCUT2D eigenvalue weighted by Crippen LogP contribution is -2.36. The number of hydrogen-bond donors (Lipinski definition) is 0. The molecule has 4 heteroatoms. The largest absolute Gasteiger partial charge is 0.330 e. The highest BCUT2D eigenvalue weighted by molar-refractivity contribution is 5.01. The smallest absolute Gasteiger partial charge is 0.0951 e. The minimum Gasteiger partial charge on any atom is -0.330 e. The van der Waals surface area contributed by atoms with Crippen molar-refractivity contribution >= 4 is 0 Å². The maximum Gasteiger partial charge on any atom is 0.0951 e. The van der Waals surface area contributed by atoms with Gasteiger partial charge in [0.15, 0.2) is 0 Å². The van der Waals surface area contributed by atoms with Gasteiger partial charge in [-0.3, -0.25) is 9.80 Å². The van der Waals surface area contributed by atoms with Crippen LogP contribution in [-0.4, -0.2) is 51.6 Å². The second-order valence-electron chi connectivity index (χ2n) is 8.19. The second-order valence-corrected chi connectivity index (χ2v) is 8.19. The van der Waals surface area contributed by atoms with Gasteiger partial charge in [0.2, 0.25) is 0 Å². The summed E-state index contributed by atoms with van der Waals surface area (Å²) in [6, 6.07) is 1.59. The number of rotatable bonds is 4. The summed E-state index contributed by atoms with van der Waals surface area (Å²) in [7, 11) is 0. The molecule has 0 atom stereocenters. The summed E-state index contributed by atoms with van der Waals surface area (Å²) in [6.07, 6.45) is 18.2. The average molecular weight is 331 g/mol. The van der Waals surface area contributed by atoms with Crippen molar-refractivity contribution < 1.29 is 0 Å². The Labute approximate surface area is 147 Å². The second kappa shape index (κ2) is 8.01. The summed E-state index contributed by atoms with van der Waals surface area (Å²) >= 11 is 0. The van der Waals surface area contributed by atoms with Crippen molar-refractivity contribution in [2.24, 2.45) is 0 Å². The van der Waals surface area contributed by atoms with Crippen LogP contribution >= 0.6 is 0 Å². The van der Waals surface area contributed by atoms with Gasteiger partial charge in [-0.1, -0.05) is 32.1 Å². The molecule has 0 spiro atoms. The van der Waals surface area contributed by atoms with E-state index in [-0.39, 0.29) is 0 Å². The average Bonchev–Trinajstić information content (AvgIpc) is 3.25. The Morgan fingerprint density at radius 3 is 2.38 bits per heavy atom. The number of imidazole rings is 1. The molecule has 4 rings (SSSR count). The molecule has 0 aromatic carbocycles. The minimum atomic E-state index is 0.707. The van der Waals surface area contributed by atoms with Crippen molar-refractivity contribution in [2.45, 2.75) is 82.8 Å². The van der Waals surface area contributed by atoms with Gasteiger partial charge in [-0.15, -0.1) is 0 Å². The van der Waals surface area contributed by atoms with Crippen molar-refractivity contribution in [3.63, 3.8) is 0 Å². The van der Waals surface area contributed by atoms with E-state index in [0.29, 0.717) is 6.04 Å². The Hall–Kier alpha value is -0.870. The molecule has 1 saturated heterocycles. The Kier molecular flexibility index (Phi) is 5.53. The molecule has 3 aliphatic rings. The monoisotopic (exact) mass is 330 g/mol. The molecule has 4 nitrogen and oxygen atoms in total. The van der Waals surface area contributed by atoms with E-state index in [0.717, 1.165) is 12.6 Å². The van der Waals surface area contributed by atoms with Crippen LogP contribution < -0.4 is 0 Å². The summed E-state index contributed by atoms with van der Waals surface area (Å²) < 4.78 is 2.50. The first kappa shape index (κ1) is 16.6. The van der Waals surface area contributed by atoms with Crippen LogP contribution in [0.25, 0.3) is 0 Å². The zero-order valence-corrected chi connectivity index (χ0v) is 15.2. The van der Waals surface area contributed by atoms with Gasteiger partial charge in [-0.25, -0.2) is 4.98 Å². The molecule has 24 heavy (non-hydrogen) atoms. The van der Waals surface area contributed by atoms with Crippen LogP contribution in [-0.2, 0) is 6.54 Å². The van der Waals surface area contributed by atoms with Gasteiger partial charge in [0, 0.05) is 37.9 Å². The summed E-state index contributed by atoms with van der Waals surface area (Å²) in [4.78, 5) is 9.95. The van der Waals surface area contributed by atoms with Gasteiger partial charge >= 0.3 is 0 Å². The van der Waals surface area contributed by atoms with Crippen molar-refractivity contribution in [1.82, 2.24) is 19.4 Å². The van der Waals surface area contributed by atoms with E-state index < -0.39 is 0 Å². The molecule has 0 unspecified atom stereocenters. The quantitative estimate of drug-likeness (QED) is 0.838. The highest BCUT2D eigenvalue weighted by Gasteiger charge is 2.25. The lowest BCUT2D eigenvalue weighted by atomic mass is 9.95. The molecule has 1 aliphatic heterocycles. The molecule has 3 fully saturated rings. The fourth-order valence-corrected chi connectivity index (χ4v) is 5.16. The van der Waals surface area contributed by atoms with Gasteiger partial charge in [0.1, 0.15) is 0 Å². The fraction of sp³-hybridized carbons (Fsp3) is 0.850. The Balaban J connectivity index is 1.34. The van der Waals surface area contributed by atoms with Crippen LogP contribution in [0.3, 0.4) is 0 Å². The maximum atomic E-state index is 4.49. The lowest BCUT2D eigenvalue weighted by molar-refractivity contribution is 0.196. The summed E-state index contributed by atoms with van der Waals surface area (Å²) in [6.45, 7) is 6.14. The zero-order valence-electron chi connectivity index (χ0n) is 15.2. The van der Waals surface area contributed by atoms with Gasteiger partial charge in [-0.2, -0.15) is 0 Å². The molecule has 134 valence electrons. The maximum absolute atomic E-state index is 4.49. The van der Waals surface area contributed by atoms with Crippen molar-refractivity contribution in [2.75, 3.05) is 26.2 Å². The number of aromatic nitrogens is 2. The first-order valence-electron chi connectivity index (χ1n) is 10.4. The van der Waals surface area contributed by atoms with Crippen LogP contribution in [0.1, 0.15) is 75.9 Å². The summed E-state index contributed by atoms with van der Waals surface area (Å²) in [5.41, 5.74) is 1.44. The van der Waals surface area contributed by atoms with Gasteiger partial charge in [-0.05, 0) is 45.2 Å². The Morgan fingerprint density at radius 2 is 1.54 bits per heavy atom. The molecular formula is C20H34N4. The molecule has 1 aromatic heterocycles. The van der Waals surface area contributed by atoms with E-state index in [1.54, 1.807) is 0 Å². The molecule has 0 N–H and O–H groups in total. The highest BCUT2D eigenvalue weighted by Crippen LogP contribution is 2.29. The first-order chi connectivity index (χ1) is 11.9. The van der Waals surface area contributed by atoms with E-state index in [9.17, 15) is 0 Å². The Bertz CT molecular complexity index is 499. The minimum absolute atomic E-state index is 0.707. The normalized spacial score (nSPS) is 26.0. The van der Waals surface area contributed by atoms with Crippen LogP contribution in [0.15, 0.2) is 12.5 Å². The summed E-state index contributed by atoms with van der Waals surface area (Å²) in [5, 5.41) is 0. The molecule has 2 aliphatic carbocycles. The standard InChI is InChI=1S/C20H34N4/c1-2-9-19(10-3-1)24-17-21-15-20(24)16-22-11-6-12-23(14-13-22)18-7-4-5-8-18/h15,17-19H,1-14,16H2. The SMILES string of the molecule is c1ncn(C2CCCCC2)c1CN1CCCN(C2CCCC2)CC1. The third-order valence-corrected chi connectivity index (χ3v) is 6.56. The van der Waals surface area contributed by atoms with Crippen molar-refractivity contribution in [3.05, 3.63) is 18.2 Å². The van der Waals surface area contributed by atoms with Crippen molar-refractivity contribution in [1.29, 1.82) is 0 Å². The van der Waals surface area contributed by atoms with E-state index in [2.05, 4.69) is 31.9 Å². The molecule has 0 amide bonds. The van der Waals surface area contributed by atoms with E-state index in [4.69, 9.17) is 0 Å². The van der Waals surface area contributed by atoms with Crippen LogP contribution in [0.4, 0.5) is 0 Å². The van der Waals surface area contributed by atoms with Gasteiger partial charge in [0.25, 0.3) is 0 Å². The van der Waals surface area contributed by atoms with Crippen LogP contribution in [0, 0.1) is 0 Å². The first-order valence-corrected chi connectivity index (χ1v) is 10.4. The molecular weight excluding hydrogens is 296 g/mol. The predicted octanol–water partition coefficient (Wildman–Crippen LogP) is 3.84. The van der Waals surface area contributed by atoms with E-state index >= 15 is 0 Å². The van der Waals surface area contributed by atoms with Crippen LogP contribution in [0.5, 0.6) is 0 Å². The molecule has 1 aromatic rings. The van der Waals surface area contributed by atoms with E-state index in [1.165, 1.54) is 96.1 Å². The topological polar surface area (TPSA) is 24.3 Å². The third kappa shape index (κ3) is 3.85. The highest BCUT2D eigenvalue weighted by atomic mass is 15.2. The van der Waals surface area contributed by atoms with Crippen LogP contribution in [0.2, 0.25) is 0 Å². The zero-order chi connectivity index (χ0) is 16.2. The molecule has 0 radical (unpaired) electrons. The number of hydrogen-bond acceptors (Lipinski definition) is 3. The summed E-state index contributed by atoms with van der Waals surface area (Å²) in [5.74, 6) is 0. The molecule has 0 bridgehead atoms. The van der Waals surface area contributed by atoms with Gasteiger partial charge < -0.3 is 4.57 Å². The number of nitrogens with zero attached hydrogens (tertiary/aromatic N) is 4.